The average molecular weight is 614 g/mol. The maximum Gasteiger partial charge on any atom is 0.241 e. The molecule has 4 aliphatic rings. The van der Waals surface area contributed by atoms with Gasteiger partial charge in [0.05, 0.1) is 48.1 Å². The van der Waals surface area contributed by atoms with Crippen LogP contribution in [0.4, 0.5) is 0 Å². The third kappa shape index (κ3) is 7.22. The summed E-state index contributed by atoms with van der Waals surface area (Å²) in [5, 5.41) is 29.5. The summed E-state index contributed by atoms with van der Waals surface area (Å²) in [6.07, 6.45) is -2.45. The van der Waals surface area contributed by atoms with Crippen LogP contribution < -0.4 is 10.6 Å². The van der Waals surface area contributed by atoms with Crippen molar-refractivity contribution in [3.63, 3.8) is 0 Å². The molecular formula is C31H55N3O9. The van der Waals surface area contributed by atoms with Crippen LogP contribution in [0.5, 0.6) is 0 Å². The first-order chi connectivity index (χ1) is 20.1. The van der Waals surface area contributed by atoms with Gasteiger partial charge in [-0.25, -0.2) is 0 Å². The standard InChI is InChI=1S/C31H55N3O9/c1-16-11-31(38)12-21-22(32-7)10-17(2)40-29(21)43-27(31)18(3)25(19(4)28(37)33-14-23(35)34(8)15-16)42-24-13-30(6,39-9)26(36)20(5)41-24/h16-22,24-27,29,32,36,38H,10-15H2,1-9H3,(H,33,37)/t16-,17-,18+,19-,20+,21-,22+,24+,25+,26+,27-,29+,30-,31+/m1/s1. The highest BCUT2D eigenvalue weighted by molar-refractivity contribution is 5.85. The number of methoxy groups -OCH3 is 1. The van der Waals surface area contributed by atoms with Crippen LogP contribution in [0, 0.1) is 23.7 Å². The van der Waals surface area contributed by atoms with E-state index in [1.165, 1.54) is 0 Å². The lowest BCUT2D eigenvalue weighted by atomic mass is 9.69. The van der Waals surface area contributed by atoms with Gasteiger partial charge >= 0.3 is 0 Å². The summed E-state index contributed by atoms with van der Waals surface area (Å²) in [5.41, 5.74) is -2.21. The Morgan fingerprint density at radius 2 is 1.77 bits per heavy atom. The zero-order valence-corrected chi connectivity index (χ0v) is 27.4. The molecule has 14 atom stereocenters. The number of hydrogen-bond donors (Lipinski definition) is 4. The number of rotatable bonds is 4. The molecule has 0 saturated carbocycles. The van der Waals surface area contributed by atoms with Gasteiger partial charge in [-0.05, 0) is 53.0 Å². The van der Waals surface area contributed by atoms with Gasteiger partial charge in [0.15, 0.2) is 12.6 Å². The summed E-state index contributed by atoms with van der Waals surface area (Å²) >= 11 is 0. The molecule has 0 aromatic carbocycles. The number of nitrogens with one attached hydrogen (secondary N) is 2. The SMILES string of the molecule is CN[C@H]1C[C@@H](C)O[C@H]2O[C@@H]3[C@@H](C)[C@H](O[C@H]4C[C@@](C)(OC)[C@@H](O)[C@H](C)O4)[C@@H](C)C(=O)NCC(=O)N(C)C[C@H](C)C[C@]3(O)C[C@@H]21. The Kier molecular flexibility index (Phi) is 10.9. The van der Waals surface area contributed by atoms with Crippen LogP contribution >= 0.6 is 0 Å². The van der Waals surface area contributed by atoms with E-state index in [0.717, 1.165) is 6.42 Å². The lowest BCUT2D eigenvalue weighted by Gasteiger charge is -2.55. The quantitative estimate of drug-likeness (QED) is 0.362. The fourth-order valence-corrected chi connectivity index (χ4v) is 7.90. The second-order valence-electron chi connectivity index (χ2n) is 14.0. The van der Waals surface area contributed by atoms with E-state index in [-0.39, 0.29) is 48.8 Å². The van der Waals surface area contributed by atoms with Crippen LogP contribution in [0.3, 0.4) is 0 Å². The fraction of sp³-hybridized carbons (Fsp3) is 0.935. The van der Waals surface area contributed by atoms with E-state index in [1.54, 1.807) is 32.9 Å². The Hall–Kier alpha value is -1.38. The first-order valence-corrected chi connectivity index (χ1v) is 15.9. The van der Waals surface area contributed by atoms with Crippen molar-refractivity contribution in [3.05, 3.63) is 0 Å². The Labute approximate surface area is 256 Å². The minimum atomic E-state index is -1.28. The van der Waals surface area contributed by atoms with Gasteiger partial charge in [-0.15, -0.1) is 0 Å². The van der Waals surface area contributed by atoms with Gasteiger partial charge in [0.2, 0.25) is 11.8 Å². The summed E-state index contributed by atoms with van der Waals surface area (Å²) < 4.78 is 31.4. The minimum Gasteiger partial charge on any atom is -0.387 e. The lowest BCUT2D eigenvalue weighted by molar-refractivity contribution is -0.334. The number of ether oxygens (including phenoxy) is 5. The first-order valence-electron chi connectivity index (χ1n) is 15.9. The maximum atomic E-state index is 13.5. The largest absolute Gasteiger partial charge is 0.387 e. The number of likely N-dealkylation sites (N-methyl/N-ethyl adjacent to an activating group) is 1. The molecule has 4 saturated heterocycles. The molecular weight excluding hydrogens is 558 g/mol. The number of carbonyl (C=O) groups is 2. The highest BCUT2D eigenvalue weighted by atomic mass is 16.7. The molecule has 0 unspecified atom stereocenters. The van der Waals surface area contributed by atoms with Crippen LogP contribution in [0.2, 0.25) is 0 Å². The zero-order valence-electron chi connectivity index (χ0n) is 27.4. The molecule has 4 fully saturated rings. The van der Waals surface area contributed by atoms with E-state index < -0.39 is 60.0 Å². The Morgan fingerprint density at radius 3 is 2.42 bits per heavy atom. The van der Waals surface area contributed by atoms with Gasteiger partial charge in [-0.1, -0.05) is 20.8 Å². The third-order valence-corrected chi connectivity index (χ3v) is 10.4. The predicted octanol–water partition coefficient (Wildman–Crippen LogP) is 1.02. The second-order valence-corrected chi connectivity index (χ2v) is 14.0. The smallest absolute Gasteiger partial charge is 0.241 e. The van der Waals surface area contributed by atoms with E-state index >= 15 is 0 Å². The molecule has 4 N–H and O–H groups in total. The van der Waals surface area contributed by atoms with Crippen molar-refractivity contribution >= 4 is 11.8 Å². The Bertz CT molecular complexity index is 988. The highest BCUT2D eigenvalue weighted by Crippen LogP contribution is 2.47. The van der Waals surface area contributed by atoms with Crippen LogP contribution in [0.25, 0.3) is 0 Å². The van der Waals surface area contributed by atoms with E-state index in [2.05, 4.69) is 10.6 Å². The molecule has 12 nitrogen and oxygen atoms in total. The second kappa shape index (κ2) is 13.5. The monoisotopic (exact) mass is 613 g/mol. The van der Waals surface area contributed by atoms with Crippen molar-refractivity contribution in [2.24, 2.45) is 23.7 Å². The zero-order chi connectivity index (χ0) is 31.9. The van der Waals surface area contributed by atoms with Crippen molar-refractivity contribution < 1.29 is 43.5 Å². The van der Waals surface area contributed by atoms with Gasteiger partial charge in [0.1, 0.15) is 6.10 Å². The molecule has 12 heteroatoms. The van der Waals surface area contributed by atoms with Crippen LogP contribution in [-0.2, 0) is 33.3 Å². The Morgan fingerprint density at radius 1 is 1.07 bits per heavy atom. The highest BCUT2D eigenvalue weighted by Gasteiger charge is 2.56. The molecule has 0 spiro atoms. The van der Waals surface area contributed by atoms with Gasteiger partial charge in [-0.2, -0.15) is 0 Å². The van der Waals surface area contributed by atoms with Crippen LogP contribution in [-0.4, -0.2) is 122 Å². The van der Waals surface area contributed by atoms with E-state index in [1.807, 2.05) is 34.7 Å². The maximum absolute atomic E-state index is 13.5. The molecule has 248 valence electrons. The summed E-state index contributed by atoms with van der Waals surface area (Å²) in [6, 6.07) is 0.102. The van der Waals surface area contributed by atoms with Crippen LogP contribution in [0.1, 0.15) is 67.2 Å². The molecule has 4 aliphatic heterocycles. The molecule has 0 aromatic rings. The predicted molar refractivity (Wildman–Crippen MR) is 158 cm³/mol. The number of aliphatic hydroxyl groups excluding tert-OH is 1. The molecule has 0 radical (unpaired) electrons. The number of fused-ring (bicyclic) bond motifs is 2. The molecule has 0 aromatic heterocycles. The molecule has 4 heterocycles. The minimum absolute atomic E-state index is 0.0273. The number of amides is 2. The van der Waals surface area contributed by atoms with Gasteiger partial charge in [0, 0.05) is 45.0 Å². The summed E-state index contributed by atoms with van der Waals surface area (Å²) in [4.78, 5) is 28.0. The molecule has 0 aliphatic carbocycles. The van der Waals surface area contributed by atoms with Crippen molar-refractivity contribution in [1.82, 2.24) is 15.5 Å². The van der Waals surface area contributed by atoms with E-state index in [9.17, 15) is 19.8 Å². The normalized spacial score (nSPS) is 48.7. The van der Waals surface area contributed by atoms with Gasteiger partial charge in [0.25, 0.3) is 0 Å². The third-order valence-electron chi connectivity index (χ3n) is 10.4. The molecule has 0 bridgehead atoms. The summed E-state index contributed by atoms with van der Waals surface area (Å²) in [6.45, 7) is 11.6. The van der Waals surface area contributed by atoms with Crippen molar-refractivity contribution in [2.45, 2.75) is 128 Å². The Balaban J connectivity index is 1.72. The van der Waals surface area contributed by atoms with Crippen molar-refractivity contribution in [3.8, 4) is 0 Å². The number of carbonyl (C=O) groups excluding carboxylic acids is 2. The fourth-order valence-electron chi connectivity index (χ4n) is 7.90. The van der Waals surface area contributed by atoms with Gasteiger partial charge < -0.3 is 49.4 Å². The first kappa shape index (κ1) is 34.5. The number of aliphatic hydroxyl groups is 2. The van der Waals surface area contributed by atoms with Crippen LogP contribution in [0.15, 0.2) is 0 Å². The molecule has 4 rings (SSSR count). The lowest BCUT2D eigenvalue weighted by Crippen LogP contribution is -2.65. The van der Waals surface area contributed by atoms with Crippen molar-refractivity contribution in [1.29, 1.82) is 0 Å². The van der Waals surface area contributed by atoms with Crippen molar-refractivity contribution in [2.75, 3.05) is 34.3 Å². The molecule has 43 heavy (non-hydrogen) atoms. The molecule has 2 amide bonds. The van der Waals surface area contributed by atoms with E-state index in [4.69, 9.17) is 23.7 Å². The topological polar surface area (TPSA) is 148 Å². The van der Waals surface area contributed by atoms with Gasteiger partial charge in [-0.3, -0.25) is 9.59 Å². The number of hydrogen-bond acceptors (Lipinski definition) is 10. The number of nitrogens with zero attached hydrogens (tertiary/aromatic N) is 1. The summed E-state index contributed by atoms with van der Waals surface area (Å²) in [5.74, 6) is -1.90. The summed E-state index contributed by atoms with van der Waals surface area (Å²) in [7, 11) is 5.18. The van der Waals surface area contributed by atoms with E-state index in [0.29, 0.717) is 19.4 Å². The average Bonchev–Trinajstić information content (AvgIpc) is 2.95.